The van der Waals surface area contributed by atoms with Crippen LogP contribution in [0.1, 0.15) is 20.2 Å². The lowest BCUT2D eigenvalue weighted by Crippen LogP contribution is -2.23. The number of carbonyl (C=O) groups is 1. The van der Waals surface area contributed by atoms with E-state index in [1.54, 1.807) is 17.5 Å². The molecule has 0 aliphatic heterocycles. The van der Waals surface area contributed by atoms with Gasteiger partial charge in [-0.3, -0.25) is 4.79 Å². The SMILES string of the molecule is Cc1cnc(CNC(=O)c2cnc(N)c3ccccc23)s1. The van der Waals surface area contributed by atoms with Crippen LogP contribution in [0, 0.1) is 6.92 Å². The van der Waals surface area contributed by atoms with Crippen LogP contribution in [0.25, 0.3) is 10.8 Å². The van der Waals surface area contributed by atoms with Crippen molar-refractivity contribution in [2.24, 2.45) is 0 Å². The molecule has 2 aromatic heterocycles. The molecule has 3 N–H and O–H groups in total. The lowest BCUT2D eigenvalue weighted by atomic mass is 10.1. The van der Waals surface area contributed by atoms with Crippen LogP contribution in [0.3, 0.4) is 0 Å². The molecule has 3 rings (SSSR count). The molecule has 2 heterocycles. The number of aryl methyl sites for hydroxylation is 1. The molecule has 0 saturated carbocycles. The predicted octanol–water partition coefficient (Wildman–Crippen LogP) is 2.51. The highest BCUT2D eigenvalue weighted by atomic mass is 32.1. The molecule has 6 heteroatoms. The molecule has 0 saturated heterocycles. The Balaban J connectivity index is 1.86. The summed E-state index contributed by atoms with van der Waals surface area (Å²) in [5.74, 6) is 0.254. The van der Waals surface area contributed by atoms with Gasteiger partial charge in [-0.05, 0) is 12.3 Å². The Labute approximate surface area is 125 Å². The monoisotopic (exact) mass is 298 g/mol. The standard InChI is InChI=1S/C15H14N4OS/c1-9-6-17-13(21-9)8-19-15(20)12-7-18-14(16)11-5-3-2-4-10(11)12/h2-7H,8H2,1H3,(H2,16,18)(H,19,20). The van der Waals surface area contributed by atoms with Gasteiger partial charge in [0.1, 0.15) is 10.8 Å². The zero-order valence-electron chi connectivity index (χ0n) is 11.5. The van der Waals surface area contributed by atoms with E-state index in [2.05, 4.69) is 15.3 Å². The first-order valence-corrected chi connectivity index (χ1v) is 7.29. The Morgan fingerprint density at radius 2 is 2.00 bits per heavy atom. The molecule has 0 unspecified atom stereocenters. The first-order chi connectivity index (χ1) is 10.1. The third-order valence-electron chi connectivity index (χ3n) is 3.14. The van der Waals surface area contributed by atoms with Crippen LogP contribution >= 0.6 is 11.3 Å². The number of amides is 1. The van der Waals surface area contributed by atoms with Gasteiger partial charge in [-0.2, -0.15) is 0 Å². The number of hydrogen-bond acceptors (Lipinski definition) is 5. The third-order valence-corrected chi connectivity index (χ3v) is 4.05. The second-order valence-electron chi connectivity index (χ2n) is 4.65. The fourth-order valence-corrected chi connectivity index (χ4v) is 2.86. The number of rotatable bonds is 3. The number of aromatic nitrogens is 2. The largest absolute Gasteiger partial charge is 0.383 e. The van der Waals surface area contributed by atoms with Crippen molar-refractivity contribution >= 4 is 33.8 Å². The van der Waals surface area contributed by atoms with Crippen molar-refractivity contribution in [1.82, 2.24) is 15.3 Å². The number of benzene rings is 1. The van der Waals surface area contributed by atoms with Crippen molar-refractivity contribution in [3.05, 3.63) is 52.1 Å². The second-order valence-corrected chi connectivity index (χ2v) is 5.97. The zero-order chi connectivity index (χ0) is 14.8. The summed E-state index contributed by atoms with van der Waals surface area (Å²) in [5, 5.41) is 5.34. The van der Waals surface area contributed by atoms with Gasteiger partial charge < -0.3 is 11.1 Å². The minimum Gasteiger partial charge on any atom is -0.383 e. The fraction of sp³-hybridized carbons (Fsp3) is 0.133. The maximum absolute atomic E-state index is 12.3. The highest BCUT2D eigenvalue weighted by Gasteiger charge is 2.12. The average Bonchev–Trinajstić information content (AvgIpc) is 2.91. The molecule has 21 heavy (non-hydrogen) atoms. The molecule has 0 bridgehead atoms. The summed E-state index contributed by atoms with van der Waals surface area (Å²) in [7, 11) is 0. The number of nitrogens with two attached hydrogens (primary N) is 1. The molecule has 1 amide bonds. The quantitative estimate of drug-likeness (QED) is 0.778. The Morgan fingerprint density at radius 1 is 1.24 bits per heavy atom. The van der Waals surface area contributed by atoms with Crippen LogP contribution in [0.2, 0.25) is 0 Å². The first kappa shape index (κ1) is 13.5. The van der Waals surface area contributed by atoms with Crippen LogP contribution in [0.4, 0.5) is 5.82 Å². The number of nitrogens with one attached hydrogen (secondary N) is 1. The number of fused-ring (bicyclic) bond motifs is 1. The van der Waals surface area contributed by atoms with Crippen molar-refractivity contribution in [2.75, 3.05) is 5.73 Å². The molecule has 0 spiro atoms. The molecule has 106 valence electrons. The van der Waals surface area contributed by atoms with Crippen molar-refractivity contribution < 1.29 is 4.79 Å². The normalized spacial score (nSPS) is 10.7. The van der Waals surface area contributed by atoms with E-state index in [0.717, 1.165) is 20.7 Å². The van der Waals surface area contributed by atoms with Crippen molar-refractivity contribution in [2.45, 2.75) is 13.5 Å². The summed E-state index contributed by atoms with van der Waals surface area (Å²) in [6, 6.07) is 7.48. The Bertz CT molecular complexity index is 812. The number of thiazole rings is 1. The summed E-state index contributed by atoms with van der Waals surface area (Å²) in [4.78, 5) is 21.8. The number of nitrogen functional groups attached to an aromatic ring is 1. The molecular formula is C15H14N4OS. The molecule has 1 aromatic carbocycles. The zero-order valence-corrected chi connectivity index (χ0v) is 12.3. The number of carbonyl (C=O) groups excluding carboxylic acids is 1. The molecule has 0 radical (unpaired) electrons. The summed E-state index contributed by atoms with van der Waals surface area (Å²) < 4.78 is 0. The van der Waals surface area contributed by atoms with E-state index >= 15 is 0 Å². The lowest BCUT2D eigenvalue weighted by Gasteiger charge is -2.08. The molecule has 0 atom stereocenters. The van der Waals surface area contributed by atoms with Crippen LogP contribution in [-0.4, -0.2) is 15.9 Å². The van der Waals surface area contributed by atoms with E-state index < -0.39 is 0 Å². The fourth-order valence-electron chi connectivity index (χ4n) is 2.13. The highest BCUT2D eigenvalue weighted by molar-refractivity contribution is 7.11. The van der Waals surface area contributed by atoms with E-state index in [4.69, 9.17) is 5.73 Å². The van der Waals surface area contributed by atoms with E-state index in [9.17, 15) is 4.79 Å². The second kappa shape index (κ2) is 5.49. The number of nitrogens with zero attached hydrogens (tertiary/aromatic N) is 2. The van der Waals surface area contributed by atoms with E-state index in [1.807, 2.05) is 31.2 Å². The van der Waals surface area contributed by atoms with Gasteiger partial charge in [-0.1, -0.05) is 24.3 Å². The van der Waals surface area contributed by atoms with Crippen molar-refractivity contribution in [3.63, 3.8) is 0 Å². The predicted molar refractivity (Wildman–Crippen MR) is 84.2 cm³/mol. The Kier molecular flexibility index (Phi) is 3.53. The molecule has 3 aromatic rings. The van der Waals surface area contributed by atoms with Gasteiger partial charge in [0.15, 0.2) is 0 Å². The third kappa shape index (κ3) is 2.71. The topological polar surface area (TPSA) is 80.9 Å². The van der Waals surface area contributed by atoms with Crippen LogP contribution in [0.5, 0.6) is 0 Å². The van der Waals surface area contributed by atoms with Crippen LogP contribution in [-0.2, 0) is 6.54 Å². The molecule has 0 aliphatic carbocycles. The maximum atomic E-state index is 12.3. The highest BCUT2D eigenvalue weighted by Crippen LogP contribution is 2.22. The number of hydrogen-bond donors (Lipinski definition) is 2. The van der Waals surface area contributed by atoms with Crippen molar-refractivity contribution in [3.8, 4) is 0 Å². The molecule has 0 aliphatic rings. The summed E-state index contributed by atoms with van der Waals surface area (Å²) in [6.07, 6.45) is 3.31. The first-order valence-electron chi connectivity index (χ1n) is 6.48. The van der Waals surface area contributed by atoms with E-state index in [1.165, 1.54) is 6.20 Å². The summed E-state index contributed by atoms with van der Waals surface area (Å²) in [6.45, 7) is 2.40. The average molecular weight is 298 g/mol. The lowest BCUT2D eigenvalue weighted by molar-refractivity contribution is 0.0952. The molecule has 5 nitrogen and oxygen atoms in total. The van der Waals surface area contributed by atoms with Gasteiger partial charge in [-0.25, -0.2) is 9.97 Å². The van der Waals surface area contributed by atoms with Crippen molar-refractivity contribution in [1.29, 1.82) is 0 Å². The van der Waals surface area contributed by atoms with E-state index in [0.29, 0.717) is 17.9 Å². The minimum absolute atomic E-state index is 0.174. The van der Waals surface area contributed by atoms with Gasteiger partial charge >= 0.3 is 0 Å². The van der Waals surface area contributed by atoms with Gasteiger partial charge in [0.05, 0.1) is 12.1 Å². The van der Waals surface area contributed by atoms with E-state index in [-0.39, 0.29) is 5.91 Å². The van der Waals surface area contributed by atoms with Gasteiger partial charge in [-0.15, -0.1) is 11.3 Å². The van der Waals surface area contributed by atoms with Gasteiger partial charge in [0.25, 0.3) is 5.91 Å². The smallest absolute Gasteiger partial charge is 0.253 e. The molecular weight excluding hydrogens is 284 g/mol. The van der Waals surface area contributed by atoms with Gasteiger partial charge in [0.2, 0.25) is 0 Å². The van der Waals surface area contributed by atoms with Gasteiger partial charge in [0, 0.05) is 22.7 Å². The van der Waals surface area contributed by atoms with Crippen LogP contribution in [0.15, 0.2) is 36.7 Å². The summed E-state index contributed by atoms with van der Waals surface area (Å²) in [5.41, 5.74) is 6.36. The Morgan fingerprint density at radius 3 is 2.71 bits per heavy atom. The van der Waals surface area contributed by atoms with Crippen LogP contribution < -0.4 is 11.1 Å². The number of pyridine rings is 1. The number of anilines is 1. The Hall–Kier alpha value is -2.47. The maximum Gasteiger partial charge on any atom is 0.253 e. The summed E-state index contributed by atoms with van der Waals surface area (Å²) >= 11 is 1.57. The minimum atomic E-state index is -0.174. The molecule has 0 fully saturated rings.